The molecule has 0 saturated carbocycles. The molecule has 3 aromatic heterocycles. The molecule has 0 bridgehead atoms. The number of aromatic nitrogens is 9. The number of alkyl halides is 3. The molecule has 0 spiro atoms. The Morgan fingerprint density at radius 2 is 1.96 bits per heavy atom. The van der Waals surface area contributed by atoms with Gasteiger partial charge in [0.1, 0.15) is 10.7 Å². The van der Waals surface area contributed by atoms with E-state index in [4.69, 9.17) is 12.2 Å². The lowest BCUT2D eigenvalue weighted by atomic mass is 10.1. The molecule has 10 nitrogen and oxygen atoms in total. The van der Waals surface area contributed by atoms with Gasteiger partial charge in [-0.2, -0.15) is 18.0 Å². The fourth-order valence-corrected chi connectivity index (χ4v) is 3.19. The zero-order valence-electron chi connectivity index (χ0n) is 14.5. The van der Waals surface area contributed by atoms with Crippen LogP contribution in [-0.2, 0) is 31.8 Å². The van der Waals surface area contributed by atoms with Crippen LogP contribution < -0.4 is 5.32 Å². The highest BCUT2D eigenvalue weighted by Crippen LogP contribution is 2.29. The average molecular weight is 430 g/mol. The maximum absolute atomic E-state index is 13.1. The monoisotopic (exact) mass is 430 g/mol. The van der Waals surface area contributed by atoms with Crippen LogP contribution in [0.3, 0.4) is 0 Å². The molecule has 0 atom stereocenters. The first-order chi connectivity index (χ1) is 13.2. The van der Waals surface area contributed by atoms with Crippen molar-refractivity contribution < 1.29 is 13.2 Å². The number of pyridine rings is 1. The topological polar surface area (TPSA) is 112 Å². The number of tetrazole rings is 2. The third-order valence-electron chi connectivity index (χ3n) is 3.37. The average Bonchev–Trinajstić information content (AvgIpc) is 3.22. The second-order valence-corrected chi connectivity index (χ2v) is 6.85. The summed E-state index contributed by atoms with van der Waals surface area (Å²) in [6.45, 7) is 0. The summed E-state index contributed by atoms with van der Waals surface area (Å²) in [5.41, 5.74) is -0.463. The standard InChI is InChI=1S/C13H13F3N10S2/c1-25-12(20-22-24-25)18-11(27)7-3-4-9(13(14,15)16)17-8(7)5-28-6-10-19-23-26(2)21-10/h3-4H,5-6H2,1-2H3,(H,18,20,24,27). The number of hydrogen-bond acceptors (Lipinski definition) is 9. The molecule has 1 N–H and O–H groups in total. The minimum atomic E-state index is -4.56. The fraction of sp³-hybridized carbons (Fsp3) is 0.385. The van der Waals surface area contributed by atoms with Gasteiger partial charge < -0.3 is 5.32 Å². The molecular weight excluding hydrogens is 417 g/mol. The van der Waals surface area contributed by atoms with Gasteiger partial charge in [0.2, 0.25) is 5.95 Å². The summed E-state index contributed by atoms with van der Waals surface area (Å²) < 4.78 is 40.6. The van der Waals surface area contributed by atoms with Crippen LogP contribution in [0.1, 0.15) is 22.8 Å². The smallest absolute Gasteiger partial charge is 0.313 e. The molecule has 0 fully saturated rings. The van der Waals surface area contributed by atoms with E-state index in [0.29, 0.717) is 17.1 Å². The Morgan fingerprint density at radius 3 is 2.57 bits per heavy atom. The van der Waals surface area contributed by atoms with Gasteiger partial charge in [-0.1, -0.05) is 17.3 Å². The molecule has 0 aliphatic heterocycles. The van der Waals surface area contributed by atoms with Gasteiger partial charge in [-0.3, -0.25) is 0 Å². The van der Waals surface area contributed by atoms with Crippen molar-refractivity contribution in [1.82, 2.24) is 45.4 Å². The molecule has 15 heteroatoms. The fourth-order valence-electron chi connectivity index (χ4n) is 2.10. The molecule has 0 unspecified atom stereocenters. The molecular formula is C13H13F3N10S2. The van der Waals surface area contributed by atoms with Crippen LogP contribution in [0.2, 0.25) is 0 Å². The second-order valence-electron chi connectivity index (χ2n) is 5.46. The summed E-state index contributed by atoms with van der Waals surface area (Å²) in [5, 5.41) is 25.3. The number of hydrogen-bond donors (Lipinski definition) is 1. The zero-order chi connectivity index (χ0) is 20.3. The van der Waals surface area contributed by atoms with Crippen LogP contribution in [0.5, 0.6) is 0 Å². The summed E-state index contributed by atoms with van der Waals surface area (Å²) >= 11 is 6.60. The Labute approximate surface area is 165 Å². The highest BCUT2D eigenvalue weighted by atomic mass is 32.2. The Bertz CT molecular complexity index is 983. The van der Waals surface area contributed by atoms with Crippen LogP contribution in [0, 0.1) is 0 Å². The Kier molecular flexibility index (Phi) is 5.83. The van der Waals surface area contributed by atoms with Gasteiger partial charge in [0.25, 0.3) is 0 Å². The van der Waals surface area contributed by atoms with Crippen molar-refractivity contribution in [1.29, 1.82) is 0 Å². The first-order valence-corrected chi connectivity index (χ1v) is 9.22. The molecule has 3 heterocycles. The summed E-state index contributed by atoms with van der Waals surface area (Å²) in [5.74, 6) is 1.24. The van der Waals surface area contributed by atoms with Crippen molar-refractivity contribution in [3.8, 4) is 0 Å². The van der Waals surface area contributed by atoms with Crippen molar-refractivity contribution in [2.45, 2.75) is 17.7 Å². The van der Waals surface area contributed by atoms with Crippen molar-refractivity contribution in [3.05, 3.63) is 34.9 Å². The van der Waals surface area contributed by atoms with Gasteiger partial charge in [-0.25, -0.2) is 9.67 Å². The molecule has 0 saturated heterocycles. The van der Waals surface area contributed by atoms with Crippen molar-refractivity contribution in [2.24, 2.45) is 14.1 Å². The lowest BCUT2D eigenvalue weighted by molar-refractivity contribution is -0.141. The third kappa shape index (κ3) is 4.78. The number of thiocarbonyl (C=S) groups is 1. The van der Waals surface area contributed by atoms with E-state index in [1.54, 1.807) is 14.1 Å². The maximum atomic E-state index is 13.1. The maximum Gasteiger partial charge on any atom is 0.433 e. The van der Waals surface area contributed by atoms with E-state index in [9.17, 15) is 13.2 Å². The number of rotatable bonds is 6. The van der Waals surface area contributed by atoms with Crippen molar-refractivity contribution in [2.75, 3.05) is 5.32 Å². The van der Waals surface area contributed by atoms with E-state index in [0.717, 1.165) is 6.07 Å². The van der Waals surface area contributed by atoms with E-state index in [1.165, 1.54) is 27.3 Å². The summed E-state index contributed by atoms with van der Waals surface area (Å²) in [6.07, 6.45) is -4.56. The largest absolute Gasteiger partial charge is 0.433 e. The minimum absolute atomic E-state index is 0.160. The van der Waals surface area contributed by atoms with Crippen LogP contribution in [0.25, 0.3) is 0 Å². The first kappa shape index (κ1) is 20.1. The van der Waals surface area contributed by atoms with E-state index in [-0.39, 0.29) is 22.4 Å². The molecule has 0 aliphatic carbocycles. The third-order valence-corrected chi connectivity index (χ3v) is 4.64. The summed E-state index contributed by atoms with van der Waals surface area (Å²) in [6, 6.07) is 2.17. The quantitative estimate of drug-likeness (QED) is 0.575. The highest BCUT2D eigenvalue weighted by Gasteiger charge is 2.33. The van der Waals surface area contributed by atoms with Gasteiger partial charge in [0.15, 0.2) is 5.82 Å². The zero-order valence-corrected chi connectivity index (χ0v) is 16.2. The van der Waals surface area contributed by atoms with Gasteiger partial charge >= 0.3 is 6.18 Å². The van der Waals surface area contributed by atoms with Crippen LogP contribution in [0.4, 0.5) is 19.1 Å². The van der Waals surface area contributed by atoms with Gasteiger partial charge in [-0.15, -0.1) is 22.0 Å². The molecule has 0 radical (unpaired) electrons. The van der Waals surface area contributed by atoms with Crippen molar-refractivity contribution >= 4 is 34.9 Å². The lowest BCUT2D eigenvalue weighted by Crippen LogP contribution is -2.18. The molecule has 0 aromatic carbocycles. The summed E-state index contributed by atoms with van der Waals surface area (Å²) in [7, 11) is 3.22. The Morgan fingerprint density at radius 1 is 1.18 bits per heavy atom. The predicted molar refractivity (Wildman–Crippen MR) is 97.2 cm³/mol. The minimum Gasteiger partial charge on any atom is -0.313 e. The number of nitrogens with one attached hydrogen (secondary N) is 1. The van der Waals surface area contributed by atoms with Crippen LogP contribution >= 0.6 is 24.0 Å². The number of thioether (sulfide) groups is 1. The van der Waals surface area contributed by atoms with Gasteiger partial charge in [0.05, 0.1) is 18.5 Å². The summed E-state index contributed by atoms with van der Waals surface area (Å²) in [4.78, 5) is 5.22. The molecule has 3 aromatic rings. The Hall–Kier alpha value is -2.68. The lowest BCUT2D eigenvalue weighted by Gasteiger charge is -2.13. The number of nitrogens with zero attached hydrogens (tertiary/aromatic N) is 9. The van der Waals surface area contributed by atoms with Crippen LogP contribution in [0.15, 0.2) is 12.1 Å². The number of halogens is 3. The van der Waals surface area contributed by atoms with E-state index >= 15 is 0 Å². The Balaban J connectivity index is 1.81. The second kappa shape index (κ2) is 8.14. The number of anilines is 1. The van der Waals surface area contributed by atoms with E-state index in [1.807, 2.05) is 0 Å². The van der Waals surface area contributed by atoms with Gasteiger partial charge in [0, 0.05) is 18.4 Å². The molecule has 0 aliphatic rings. The highest BCUT2D eigenvalue weighted by molar-refractivity contribution is 7.97. The predicted octanol–water partition coefficient (Wildman–Crippen LogP) is 1.37. The normalized spacial score (nSPS) is 11.6. The van der Waals surface area contributed by atoms with Crippen LogP contribution in [-0.4, -0.2) is 50.4 Å². The first-order valence-electron chi connectivity index (χ1n) is 7.65. The van der Waals surface area contributed by atoms with Crippen molar-refractivity contribution in [3.63, 3.8) is 0 Å². The molecule has 28 heavy (non-hydrogen) atoms. The SMILES string of the molecule is Cn1nnc(CSCc2nc(C(F)(F)F)ccc2C(=S)Nc2nnnn2C)n1. The molecule has 148 valence electrons. The van der Waals surface area contributed by atoms with E-state index in [2.05, 4.69) is 41.2 Å². The molecule has 3 rings (SSSR count). The number of aryl methyl sites for hydroxylation is 2. The molecule has 0 amide bonds. The van der Waals surface area contributed by atoms with E-state index < -0.39 is 11.9 Å². The van der Waals surface area contributed by atoms with Gasteiger partial charge in [-0.05, 0) is 27.8 Å².